The predicted octanol–water partition coefficient (Wildman–Crippen LogP) is 2.78. The number of aliphatic carboxylic acids is 1. The number of amides is 1. The van der Waals surface area contributed by atoms with Gasteiger partial charge >= 0.3 is 5.97 Å². The Kier molecular flexibility index (Phi) is 7.03. The minimum atomic E-state index is -1.13. The van der Waals surface area contributed by atoms with Gasteiger partial charge in [0, 0.05) is 12.5 Å². The first-order valence-corrected chi connectivity index (χ1v) is 8.91. The van der Waals surface area contributed by atoms with Crippen molar-refractivity contribution in [2.45, 2.75) is 39.7 Å². The maximum Gasteiger partial charge on any atom is 0.307 e. The fourth-order valence-corrected chi connectivity index (χ4v) is 2.83. The number of rotatable bonds is 9. The molecule has 0 bridgehead atoms. The molecule has 1 aromatic heterocycles. The second-order valence-electron chi connectivity index (χ2n) is 7.05. The lowest BCUT2D eigenvalue weighted by Gasteiger charge is -2.22. The van der Waals surface area contributed by atoms with Crippen LogP contribution in [-0.4, -0.2) is 34.0 Å². The average molecular weight is 390 g/mol. The summed E-state index contributed by atoms with van der Waals surface area (Å²) in [7, 11) is 0. The highest BCUT2D eigenvalue weighted by atomic mass is 19.1. The molecule has 150 valence electrons. The van der Waals surface area contributed by atoms with E-state index < -0.39 is 35.4 Å². The van der Waals surface area contributed by atoms with Gasteiger partial charge in [-0.2, -0.15) is 0 Å². The highest BCUT2D eigenvalue weighted by Crippen LogP contribution is 2.17. The number of carboxylic acid groups (broad SMARTS) is 1. The van der Waals surface area contributed by atoms with Crippen LogP contribution >= 0.6 is 0 Å². The molecule has 0 saturated carbocycles. The first-order chi connectivity index (χ1) is 13.2. The van der Waals surface area contributed by atoms with Crippen molar-refractivity contribution < 1.29 is 28.4 Å². The van der Waals surface area contributed by atoms with E-state index in [2.05, 4.69) is 10.5 Å². The summed E-state index contributed by atoms with van der Waals surface area (Å²) in [4.78, 5) is 36.6. The molecule has 2 unspecified atom stereocenters. The summed E-state index contributed by atoms with van der Waals surface area (Å²) in [6, 6.07) is 6.06. The van der Waals surface area contributed by atoms with E-state index >= 15 is 0 Å². The van der Waals surface area contributed by atoms with Gasteiger partial charge in [-0.15, -0.1) is 0 Å². The molecule has 1 aromatic carbocycles. The van der Waals surface area contributed by atoms with E-state index in [1.54, 1.807) is 20.8 Å². The van der Waals surface area contributed by atoms with Crippen LogP contribution in [0.4, 0.5) is 4.39 Å². The zero-order valence-corrected chi connectivity index (χ0v) is 15.9. The van der Waals surface area contributed by atoms with Crippen molar-refractivity contribution in [3.63, 3.8) is 0 Å². The van der Waals surface area contributed by atoms with Crippen LogP contribution in [0.3, 0.4) is 0 Å². The Morgan fingerprint density at radius 2 is 1.86 bits per heavy atom. The first-order valence-electron chi connectivity index (χ1n) is 8.91. The number of benzene rings is 1. The van der Waals surface area contributed by atoms with Crippen LogP contribution in [0.2, 0.25) is 0 Å². The van der Waals surface area contributed by atoms with Crippen LogP contribution in [0.25, 0.3) is 0 Å². The number of halogens is 1. The number of carboxylic acids is 1. The lowest BCUT2D eigenvalue weighted by molar-refractivity contribution is -0.144. The molecule has 0 fully saturated rings. The Morgan fingerprint density at radius 1 is 1.21 bits per heavy atom. The number of carbonyl (C=O) groups is 3. The van der Waals surface area contributed by atoms with Gasteiger partial charge in [-0.05, 0) is 37.0 Å². The topological polar surface area (TPSA) is 110 Å². The van der Waals surface area contributed by atoms with Crippen LogP contribution in [0, 0.1) is 24.6 Å². The smallest absolute Gasteiger partial charge is 0.307 e. The lowest BCUT2D eigenvalue weighted by Crippen LogP contribution is -2.45. The fraction of sp³-hybridized carbons (Fsp3) is 0.400. The van der Waals surface area contributed by atoms with Gasteiger partial charge in [0.25, 0.3) is 5.91 Å². The molecule has 2 aromatic rings. The zero-order chi connectivity index (χ0) is 20.8. The molecule has 0 aliphatic carbocycles. The van der Waals surface area contributed by atoms with Crippen molar-refractivity contribution in [2.75, 3.05) is 0 Å². The molecule has 0 saturated heterocycles. The molecule has 1 amide bonds. The lowest BCUT2D eigenvalue weighted by atomic mass is 9.89. The van der Waals surface area contributed by atoms with E-state index in [0.717, 1.165) is 0 Å². The van der Waals surface area contributed by atoms with Gasteiger partial charge in [-0.1, -0.05) is 31.1 Å². The van der Waals surface area contributed by atoms with E-state index in [-0.39, 0.29) is 24.5 Å². The SMILES string of the molecule is Cc1cc(C(=O)NC(C(=O)CC(Cc2ccc(F)cc2)C(=O)O)C(C)C)no1. The largest absolute Gasteiger partial charge is 0.481 e. The van der Waals surface area contributed by atoms with Gasteiger partial charge < -0.3 is 14.9 Å². The Balaban J connectivity index is 2.08. The number of carbonyl (C=O) groups excluding carboxylic acids is 2. The normalized spacial score (nSPS) is 13.2. The van der Waals surface area contributed by atoms with Crippen molar-refractivity contribution in [3.8, 4) is 0 Å². The third kappa shape index (κ3) is 5.73. The van der Waals surface area contributed by atoms with Crippen LogP contribution in [-0.2, 0) is 16.0 Å². The summed E-state index contributed by atoms with van der Waals surface area (Å²) < 4.78 is 17.9. The zero-order valence-electron chi connectivity index (χ0n) is 15.9. The predicted molar refractivity (Wildman–Crippen MR) is 98.2 cm³/mol. The Bertz CT molecular complexity index is 845. The van der Waals surface area contributed by atoms with Crippen LogP contribution in [0.15, 0.2) is 34.9 Å². The third-order valence-corrected chi connectivity index (χ3v) is 4.35. The summed E-state index contributed by atoms with van der Waals surface area (Å²) >= 11 is 0. The highest BCUT2D eigenvalue weighted by Gasteiger charge is 2.30. The van der Waals surface area contributed by atoms with Gasteiger partial charge in [0.05, 0.1) is 12.0 Å². The molecule has 2 N–H and O–H groups in total. The molecule has 28 heavy (non-hydrogen) atoms. The maximum absolute atomic E-state index is 13.0. The van der Waals surface area contributed by atoms with Crippen LogP contribution in [0.1, 0.15) is 42.1 Å². The van der Waals surface area contributed by atoms with Crippen molar-refractivity contribution in [3.05, 3.63) is 53.2 Å². The Labute approximate surface area is 161 Å². The number of ketones is 1. The van der Waals surface area contributed by atoms with Crippen molar-refractivity contribution in [1.82, 2.24) is 10.5 Å². The number of nitrogens with zero attached hydrogens (tertiary/aromatic N) is 1. The average Bonchev–Trinajstić information content (AvgIpc) is 3.06. The van der Waals surface area contributed by atoms with Crippen molar-refractivity contribution >= 4 is 17.7 Å². The monoisotopic (exact) mass is 390 g/mol. The fourth-order valence-electron chi connectivity index (χ4n) is 2.83. The molecule has 0 aliphatic heterocycles. The number of hydrogen-bond donors (Lipinski definition) is 2. The summed E-state index contributed by atoms with van der Waals surface area (Å²) in [6.45, 7) is 5.15. The minimum absolute atomic E-state index is 0.0528. The summed E-state index contributed by atoms with van der Waals surface area (Å²) in [5.41, 5.74) is 0.668. The molecule has 1 heterocycles. The van der Waals surface area contributed by atoms with Gasteiger partial charge in [-0.25, -0.2) is 4.39 Å². The molecular formula is C20H23FN2O5. The number of nitrogens with one attached hydrogen (secondary N) is 1. The van der Waals surface area contributed by atoms with Crippen molar-refractivity contribution in [1.29, 1.82) is 0 Å². The number of hydrogen-bond acceptors (Lipinski definition) is 5. The summed E-state index contributed by atoms with van der Waals surface area (Å²) in [6.07, 6.45) is -0.170. The summed E-state index contributed by atoms with van der Waals surface area (Å²) in [5.74, 6) is -3.26. The standard InChI is InChI=1S/C20H23FN2O5/c1-11(2)18(22-19(25)16-8-12(3)28-23-16)17(24)10-14(20(26)27)9-13-4-6-15(21)7-5-13/h4-8,11,14,18H,9-10H2,1-3H3,(H,22,25)(H,26,27). The van der Waals surface area contributed by atoms with Gasteiger partial charge in [0.15, 0.2) is 11.5 Å². The quantitative estimate of drug-likeness (QED) is 0.681. The Morgan fingerprint density at radius 3 is 2.36 bits per heavy atom. The van der Waals surface area contributed by atoms with Gasteiger partial charge in [0.2, 0.25) is 0 Å². The van der Waals surface area contributed by atoms with Gasteiger partial charge in [0.1, 0.15) is 11.6 Å². The molecule has 2 atom stereocenters. The van der Waals surface area contributed by atoms with E-state index in [4.69, 9.17) is 4.52 Å². The molecule has 7 nitrogen and oxygen atoms in total. The third-order valence-electron chi connectivity index (χ3n) is 4.35. The second kappa shape index (κ2) is 9.25. The number of aromatic nitrogens is 1. The number of Topliss-reactive ketones (excluding diaryl/α,β-unsaturated/α-hetero) is 1. The van der Waals surface area contributed by atoms with E-state index in [1.807, 2.05) is 0 Å². The molecule has 0 aliphatic rings. The Hall–Kier alpha value is -3.03. The van der Waals surface area contributed by atoms with E-state index in [0.29, 0.717) is 11.3 Å². The van der Waals surface area contributed by atoms with Crippen LogP contribution in [0.5, 0.6) is 0 Å². The second-order valence-corrected chi connectivity index (χ2v) is 7.05. The maximum atomic E-state index is 13.0. The van der Waals surface area contributed by atoms with Crippen LogP contribution < -0.4 is 5.32 Å². The minimum Gasteiger partial charge on any atom is -0.481 e. The molecule has 8 heteroatoms. The van der Waals surface area contributed by atoms with E-state index in [9.17, 15) is 23.9 Å². The molecular weight excluding hydrogens is 367 g/mol. The summed E-state index contributed by atoms with van der Waals surface area (Å²) in [5, 5.41) is 15.7. The van der Waals surface area contributed by atoms with Crippen molar-refractivity contribution in [2.24, 2.45) is 11.8 Å². The molecule has 2 rings (SSSR count). The molecule has 0 spiro atoms. The molecule has 0 radical (unpaired) electrons. The van der Waals surface area contributed by atoms with E-state index in [1.165, 1.54) is 30.3 Å². The first kappa shape index (κ1) is 21.3. The number of aryl methyl sites for hydroxylation is 1. The highest BCUT2D eigenvalue weighted by molar-refractivity contribution is 5.97. The van der Waals surface area contributed by atoms with Gasteiger partial charge in [-0.3, -0.25) is 14.4 Å².